The van der Waals surface area contributed by atoms with Gasteiger partial charge in [0.2, 0.25) is 0 Å². The molecule has 1 rings (SSSR count). The lowest BCUT2D eigenvalue weighted by Crippen LogP contribution is -2.33. The maximum Gasteiger partial charge on any atom is 0.266 e. The number of nitrogens with zero attached hydrogens (tertiary/aromatic N) is 2. The summed E-state index contributed by atoms with van der Waals surface area (Å²) in [6, 6.07) is 0.364. The van der Waals surface area contributed by atoms with Gasteiger partial charge in [-0.2, -0.15) is 11.8 Å². The van der Waals surface area contributed by atoms with Crippen molar-refractivity contribution in [1.29, 1.82) is 0 Å². The fourth-order valence-corrected chi connectivity index (χ4v) is 2.56. The van der Waals surface area contributed by atoms with Crippen LogP contribution in [0.1, 0.15) is 6.92 Å². The van der Waals surface area contributed by atoms with Gasteiger partial charge in [0, 0.05) is 18.8 Å². The van der Waals surface area contributed by atoms with E-state index in [2.05, 4.69) is 23.1 Å². The largest absolute Gasteiger partial charge is 0.355 e. The summed E-state index contributed by atoms with van der Waals surface area (Å²) in [6.45, 7) is 2.12. The van der Waals surface area contributed by atoms with E-state index in [1.807, 2.05) is 34.5 Å². The molecule has 84 valence electrons. The highest BCUT2D eigenvalue weighted by molar-refractivity contribution is 14.1. The smallest absolute Gasteiger partial charge is 0.266 e. The Morgan fingerprint density at radius 1 is 1.73 bits per heavy atom. The van der Waals surface area contributed by atoms with Crippen molar-refractivity contribution < 1.29 is 0 Å². The number of hydrogen-bond donors (Lipinski definition) is 1. The Hall–Kier alpha value is -0.240. The zero-order chi connectivity index (χ0) is 11.4. The lowest BCUT2D eigenvalue weighted by atomic mass is 10.3. The molecule has 4 nitrogen and oxygen atoms in total. The first-order valence-corrected chi connectivity index (χ1v) is 7.00. The summed E-state index contributed by atoms with van der Waals surface area (Å²) in [6.07, 6.45) is 3.52. The third kappa shape index (κ3) is 3.10. The summed E-state index contributed by atoms with van der Waals surface area (Å²) < 4.78 is 0.644. The van der Waals surface area contributed by atoms with E-state index in [1.54, 1.807) is 11.8 Å². The highest BCUT2D eigenvalue weighted by Crippen LogP contribution is 2.17. The van der Waals surface area contributed by atoms with Gasteiger partial charge in [0.1, 0.15) is 9.39 Å². The third-order valence-corrected chi connectivity index (χ3v) is 3.97. The SMILES string of the molecule is CSCC(C)N(C)c1nc[nH]c(=O)c1I. The summed E-state index contributed by atoms with van der Waals surface area (Å²) in [5.74, 6) is 1.77. The average Bonchev–Trinajstić information content (AvgIpc) is 2.21. The minimum absolute atomic E-state index is 0.0798. The predicted octanol–water partition coefficient (Wildman–Crippen LogP) is 1.56. The van der Waals surface area contributed by atoms with E-state index in [0.717, 1.165) is 11.6 Å². The quantitative estimate of drug-likeness (QED) is 0.846. The van der Waals surface area contributed by atoms with E-state index >= 15 is 0 Å². The molecule has 0 amide bonds. The van der Waals surface area contributed by atoms with Crippen LogP contribution in [0.25, 0.3) is 0 Å². The number of anilines is 1. The molecule has 0 aromatic carbocycles. The average molecular weight is 339 g/mol. The first-order chi connectivity index (χ1) is 7.07. The Labute approximate surface area is 107 Å². The zero-order valence-corrected chi connectivity index (χ0v) is 11.9. The molecular weight excluding hydrogens is 325 g/mol. The Morgan fingerprint density at radius 3 is 3.00 bits per heavy atom. The molecule has 15 heavy (non-hydrogen) atoms. The van der Waals surface area contributed by atoms with Gasteiger partial charge in [0.25, 0.3) is 5.56 Å². The van der Waals surface area contributed by atoms with Crippen LogP contribution in [-0.4, -0.2) is 35.1 Å². The Kier molecular flexibility index (Phi) is 4.91. The van der Waals surface area contributed by atoms with Gasteiger partial charge in [-0.1, -0.05) is 0 Å². The van der Waals surface area contributed by atoms with Crippen molar-refractivity contribution in [1.82, 2.24) is 9.97 Å². The Bertz CT molecular complexity index is 382. The number of hydrogen-bond acceptors (Lipinski definition) is 4. The number of rotatable bonds is 4. The van der Waals surface area contributed by atoms with E-state index < -0.39 is 0 Å². The van der Waals surface area contributed by atoms with E-state index in [0.29, 0.717) is 9.61 Å². The molecule has 0 saturated carbocycles. The molecule has 1 atom stereocenters. The number of halogens is 1. The molecule has 1 aromatic rings. The second kappa shape index (κ2) is 5.74. The predicted molar refractivity (Wildman–Crippen MR) is 73.8 cm³/mol. The van der Waals surface area contributed by atoms with Crippen LogP contribution in [-0.2, 0) is 0 Å². The van der Waals surface area contributed by atoms with Gasteiger partial charge < -0.3 is 9.88 Å². The van der Waals surface area contributed by atoms with Crippen LogP contribution >= 0.6 is 34.4 Å². The highest BCUT2D eigenvalue weighted by Gasteiger charge is 2.15. The van der Waals surface area contributed by atoms with Gasteiger partial charge in [-0.3, -0.25) is 4.79 Å². The third-order valence-electron chi connectivity index (χ3n) is 2.18. The molecule has 0 spiro atoms. The Balaban J connectivity index is 2.95. The molecule has 0 radical (unpaired) electrons. The molecule has 0 fully saturated rings. The fraction of sp³-hybridized carbons (Fsp3) is 0.556. The normalized spacial score (nSPS) is 12.5. The molecule has 0 aliphatic rings. The number of nitrogens with one attached hydrogen (secondary N) is 1. The molecule has 0 aliphatic carbocycles. The molecule has 1 unspecified atom stereocenters. The lowest BCUT2D eigenvalue weighted by Gasteiger charge is -2.25. The molecule has 0 aliphatic heterocycles. The van der Waals surface area contributed by atoms with Crippen LogP contribution in [0.15, 0.2) is 11.1 Å². The van der Waals surface area contributed by atoms with Crippen LogP contribution in [0.2, 0.25) is 0 Å². The Morgan fingerprint density at radius 2 is 2.40 bits per heavy atom. The van der Waals surface area contributed by atoms with Crippen molar-refractivity contribution in [3.05, 3.63) is 20.3 Å². The van der Waals surface area contributed by atoms with E-state index in [9.17, 15) is 4.79 Å². The number of thioether (sulfide) groups is 1. The van der Waals surface area contributed by atoms with E-state index in [4.69, 9.17) is 0 Å². The summed E-state index contributed by atoms with van der Waals surface area (Å²) >= 11 is 3.81. The lowest BCUT2D eigenvalue weighted by molar-refractivity contribution is 0.747. The molecule has 0 saturated heterocycles. The second-order valence-corrected chi connectivity index (χ2v) is 5.27. The summed E-state index contributed by atoms with van der Waals surface area (Å²) in [5.41, 5.74) is -0.0798. The second-order valence-electron chi connectivity index (χ2n) is 3.28. The minimum atomic E-state index is -0.0798. The van der Waals surface area contributed by atoms with Crippen molar-refractivity contribution >= 4 is 40.2 Å². The van der Waals surface area contributed by atoms with Crippen LogP contribution in [0.3, 0.4) is 0 Å². The number of H-pyrrole nitrogens is 1. The van der Waals surface area contributed by atoms with Crippen molar-refractivity contribution in [2.75, 3.05) is 24.0 Å². The molecule has 0 bridgehead atoms. The number of aromatic amines is 1. The van der Waals surface area contributed by atoms with Crippen LogP contribution in [0.5, 0.6) is 0 Å². The first kappa shape index (κ1) is 12.8. The van der Waals surface area contributed by atoms with Crippen LogP contribution in [0, 0.1) is 3.57 Å². The van der Waals surface area contributed by atoms with Gasteiger partial charge in [-0.05, 0) is 35.8 Å². The van der Waals surface area contributed by atoms with Gasteiger partial charge in [0.15, 0.2) is 0 Å². The maximum atomic E-state index is 11.4. The monoisotopic (exact) mass is 339 g/mol. The van der Waals surface area contributed by atoms with Gasteiger partial charge >= 0.3 is 0 Å². The summed E-state index contributed by atoms with van der Waals surface area (Å²) in [7, 11) is 1.96. The topological polar surface area (TPSA) is 49.0 Å². The molecular formula is C9H14IN3OS. The molecule has 1 heterocycles. The van der Waals surface area contributed by atoms with Crippen LogP contribution in [0.4, 0.5) is 5.82 Å². The highest BCUT2D eigenvalue weighted by atomic mass is 127. The van der Waals surface area contributed by atoms with Crippen molar-refractivity contribution in [2.24, 2.45) is 0 Å². The van der Waals surface area contributed by atoms with Gasteiger partial charge in [-0.25, -0.2) is 4.98 Å². The fourth-order valence-electron chi connectivity index (χ4n) is 1.18. The maximum absolute atomic E-state index is 11.4. The van der Waals surface area contributed by atoms with E-state index in [-0.39, 0.29) is 5.56 Å². The molecule has 6 heteroatoms. The van der Waals surface area contributed by atoms with Crippen molar-refractivity contribution in [2.45, 2.75) is 13.0 Å². The first-order valence-electron chi connectivity index (χ1n) is 4.53. The molecule has 1 aromatic heterocycles. The number of aromatic nitrogens is 2. The summed E-state index contributed by atoms with van der Waals surface area (Å²) in [4.78, 5) is 20.2. The minimum Gasteiger partial charge on any atom is -0.355 e. The van der Waals surface area contributed by atoms with Gasteiger partial charge in [-0.15, -0.1) is 0 Å². The van der Waals surface area contributed by atoms with Crippen LogP contribution < -0.4 is 10.5 Å². The van der Waals surface area contributed by atoms with Crippen molar-refractivity contribution in [3.63, 3.8) is 0 Å². The molecule has 1 N–H and O–H groups in total. The van der Waals surface area contributed by atoms with E-state index in [1.165, 1.54) is 6.33 Å². The zero-order valence-electron chi connectivity index (χ0n) is 8.95. The van der Waals surface area contributed by atoms with Gasteiger partial charge in [0.05, 0.1) is 6.33 Å². The van der Waals surface area contributed by atoms with Crippen molar-refractivity contribution in [3.8, 4) is 0 Å². The summed E-state index contributed by atoms with van der Waals surface area (Å²) in [5, 5.41) is 0. The standard InChI is InChI=1S/C9H14IN3OS/c1-6(4-15-3)13(2)8-7(10)9(14)12-5-11-8/h5-6H,4H2,1-3H3,(H,11,12,14).